The predicted octanol–water partition coefficient (Wildman–Crippen LogP) is 8.41. The number of ether oxygens (including phenoxy) is 2. The fourth-order valence-corrected chi connectivity index (χ4v) is 5.61. The van der Waals surface area contributed by atoms with Crippen LogP contribution in [0.2, 0.25) is 0 Å². The molecule has 0 saturated heterocycles. The van der Waals surface area contributed by atoms with Gasteiger partial charge in [0.15, 0.2) is 0 Å². The molecule has 0 bridgehead atoms. The van der Waals surface area contributed by atoms with E-state index in [1.54, 1.807) is 0 Å². The van der Waals surface area contributed by atoms with Gasteiger partial charge in [0.05, 0.1) is 26.4 Å². The molecule has 0 aromatic rings. The van der Waals surface area contributed by atoms with Gasteiger partial charge in [0.2, 0.25) is 0 Å². The molecule has 3 atom stereocenters. The van der Waals surface area contributed by atoms with Crippen LogP contribution in [0.4, 0.5) is 0 Å². The van der Waals surface area contributed by atoms with Crippen molar-refractivity contribution in [1.29, 1.82) is 0 Å². The monoisotopic (exact) mass is 638 g/mol. The van der Waals surface area contributed by atoms with Gasteiger partial charge >= 0.3 is 13.8 Å². The summed E-state index contributed by atoms with van der Waals surface area (Å²) in [6.07, 6.45) is 24.9. The van der Waals surface area contributed by atoms with Crippen molar-refractivity contribution in [3.05, 3.63) is 0 Å². The summed E-state index contributed by atoms with van der Waals surface area (Å²) >= 11 is 0. The summed E-state index contributed by atoms with van der Waals surface area (Å²) < 4.78 is 33.1. The Bertz CT molecular complexity index is 650. The first-order chi connectivity index (χ1) is 20.8. The smallest absolute Gasteiger partial charge is 0.457 e. The summed E-state index contributed by atoms with van der Waals surface area (Å²) in [7, 11) is -4.49. The number of esters is 1. The average Bonchev–Trinajstić information content (AvgIpc) is 2.99. The van der Waals surface area contributed by atoms with E-state index in [4.69, 9.17) is 23.6 Å². The maximum absolute atomic E-state index is 12.4. The molecule has 0 amide bonds. The van der Waals surface area contributed by atoms with Crippen molar-refractivity contribution in [2.24, 2.45) is 0 Å². The third-order valence-corrected chi connectivity index (χ3v) is 8.49. The lowest BCUT2D eigenvalue weighted by molar-refractivity contribution is -0.154. The van der Waals surface area contributed by atoms with E-state index in [1.165, 1.54) is 109 Å². The van der Waals surface area contributed by atoms with Gasteiger partial charge in [-0.15, -0.1) is 0 Å². The second-order valence-corrected chi connectivity index (χ2v) is 13.4. The molecule has 3 N–H and O–H groups in total. The molecule has 0 aromatic heterocycles. The van der Waals surface area contributed by atoms with Crippen molar-refractivity contribution in [2.45, 2.75) is 174 Å². The normalized spacial score (nSPS) is 14.4. The topological polar surface area (TPSA) is 132 Å². The number of rotatable bonds is 34. The van der Waals surface area contributed by atoms with Crippen LogP contribution < -0.4 is 0 Å². The number of carbonyl (C=O) groups excluding carboxylic acids is 1. The van der Waals surface area contributed by atoms with E-state index in [2.05, 4.69) is 13.8 Å². The molecule has 0 heterocycles. The molecule has 0 aliphatic heterocycles. The SMILES string of the molecule is CCCCCCCCCCCCCCCOCC(COP(=O)(O)OCC(O)CO)OC(=O)CCCCCCCCCCC. The zero-order valence-electron chi connectivity index (χ0n) is 27.7. The Kier molecular flexibility index (Phi) is 31.0. The van der Waals surface area contributed by atoms with E-state index in [0.29, 0.717) is 6.61 Å². The van der Waals surface area contributed by atoms with Crippen LogP contribution in [0.15, 0.2) is 0 Å². The number of hydrogen-bond acceptors (Lipinski definition) is 8. The van der Waals surface area contributed by atoms with Gasteiger partial charge < -0.3 is 24.6 Å². The Morgan fingerprint density at radius 1 is 0.628 bits per heavy atom. The molecule has 9 nitrogen and oxygen atoms in total. The summed E-state index contributed by atoms with van der Waals surface area (Å²) in [5.41, 5.74) is 0. The average molecular weight is 639 g/mol. The minimum absolute atomic E-state index is 0.0566. The summed E-state index contributed by atoms with van der Waals surface area (Å²) in [5.74, 6) is -0.384. The molecule has 3 unspecified atom stereocenters. The molecular formula is C33H67O9P. The number of unbranched alkanes of at least 4 members (excludes halogenated alkanes) is 20. The Balaban J connectivity index is 4.22. The zero-order chi connectivity index (χ0) is 31.9. The van der Waals surface area contributed by atoms with Gasteiger partial charge in [0.1, 0.15) is 12.2 Å². The van der Waals surface area contributed by atoms with Crippen molar-refractivity contribution in [3.63, 3.8) is 0 Å². The number of carbonyl (C=O) groups is 1. The lowest BCUT2D eigenvalue weighted by Crippen LogP contribution is -2.29. The largest absolute Gasteiger partial charge is 0.472 e. The van der Waals surface area contributed by atoms with E-state index in [1.807, 2.05) is 0 Å². The lowest BCUT2D eigenvalue weighted by Gasteiger charge is -2.20. The highest BCUT2D eigenvalue weighted by atomic mass is 31.2. The number of phosphoric ester groups is 1. The Hall–Kier alpha value is -0.540. The van der Waals surface area contributed by atoms with Gasteiger partial charge in [-0.1, -0.05) is 142 Å². The molecule has 43 heavy (non-hydrogen) atoms. The van der Waals surface area contributed by atoms with Crippen LogP contribution in [-0.2, 0) is 27.9 Å². The molecule has 0 radical (unpaired) electrons. The van der Waals surface area contributed by atoms with Crippen LogP contribution in [0.5, 0.6) is 0 Å². The highest BCUT2D eigenvalue weighted by Crippen LogP contribution is 2.43. The molecule has 0 aromatic carbocycles. The Morgan fingerprint density at radius 2 is 1.05 bits per heavy atom. The van der Waals surface area contributed by atoms with E-state index in [-0.39, 0.29) is 25.6 Å². The number of phosphoric acid groups is 1. The first-order valence-electron chi connectivity index (χ1n) is 17.5. The molecule has 10 heteroatoms. The summed E-state index contributed by atoms with van der Waals surface area (Å²) in [4.78, 5) is 22.3. The quantitative estimate of drug-likeness (QED) is 0.0361. The lowest BCUT2D eigenvalue weighted by atomic mass is 10.0. The molecule has 0 fully saturated rings. The summed E-state index contributed by atoms with van der Waals surface area (Å²) in [6.45, 7) is 3.51. The molecule has 0 aliphatic carbocycles. The van der Waals surface area contributed by atoms with Crippen LogP contribution in [0.25, 0.3) is 0 Å². The molecule has 258 valence electrons. The summed E-state index contributed by atoms with van der Waals surface area (Å²) in [5, 5.41) is 18.2. The maximum atomic E-state index is 12.4. The van der Waals surface area contributed by atoms with Crippen molar-refractivity contribution in [1.82, 2.24) is 0 Å². The fourth-order valence-electron chi connectivity index (χ4n) is 4.83. The van der Waals surface area contributed by atoms with Crippen molar-refractivity contribution < 1.29 is 43.0 Å². The first kappa shape index (κ1) is 42.5. The number of hydrogen-bond donors (Lipinski definition) is 3. The second kappa shape index (κ2) is 31.4. The van der Waals surface area contributed by atoms with E-state index in [0.717, 1.165) is 32.1 Å². The standard InChI is InChI=1S/C33H67O9P/c1-3-5-7-9-11-13-14-15-16-18-20-22-24-26-39-29-32(30-41-43(37,38)40-28-31(35)27-34)42-33(36)25-23-21-19-17-12-10-8-6-4-2/h31-32,34-35H,3-30H2,1-2H3,(H,37,38). The zero-order valence-corrected chi connectivity index (χ0v) is 28.6. The van der Waals surface area contributed by atoms with E-state index in [9.17, 15) is 19.4 Å². The van der Waals surface area contributed by atoms with Crippen LogP contribution in [-0.4, -0.2) is 66.3 Å². The van der Waals surface area contributed by atoms with Gasteiger partial charge in [0, 0.05) is 13.0 Å². The molecule has 0 rings (SSSR count). The van der Waals surface area contributed by atoms with Gasteiger partial charge in [0.25, 0.3) is 0 Å². The van der Waals surface area contributed by atoms with Crippen molar-refractivity contribution in [3.8, 4) is 0 Å². The highest BCUT2D eigenvalue weighted by Gasteiger charge is 2.26. The number of aliphatic hydroxyl groups is 2. The minimum atomic E-state index is -4.49. The predicted molar refractivity (Wildman–Crippen MR) is 173 cm³/mol. The van der Waals surface area contributed by atoms with Crippen LogP contribution in [0.1, 0.15) is 162 Å². The van der Waals surface area contributed by atoms with E-state index >= 15 is 0 Å². The van der Waals surface area contributed by atoms with Gasteiger partial charge in [-0.05, 0) is 12.8 Å². The summed E-state index contributed by atoms with van der Waals surface area (Å²) in [6, 6.07) is 0. The van der Waals surface area contributed by atoms with Gasteiger partial charge in [-0.25, -0.2) is 4.57 Å². The molecular weight excluding hydrogens is 571 g/mol. The molecule has 0 saturated carbocycles. The molecule has 0 spiro atoms. The van der Waals surface area contributed by atoms with Gasteiger partial charge in [-0.3, -0.25) is 13.8 Å². The van der Waals surface area contributed by atoms with Crippen LogP contribution in [0.3, 0.4) is 0 Å². The van der Waals surface area contributed by atoms with Crippen LogP contribution >= 0.6 is 7.82 Å². The fraction of sp³-hybridized carbons (Fsp3) is 0.970. The Morgan fingerprint density at radius 3 is 1.51 bits per heavy atom. The third kappa shape index (κ3) is 31.2. The van der Waals surface area contributed by atoms with Crippen molar-refractivity contribution >= 4 is 13.8 Å². The van der Waals surface area contributed by atoms with Crippen molar-refractivity contribution in [2.75, 3.05) is 33.0 Å². The minimum Gasteiger partial charge on any atom is -0.457 e. The van der Waals surface area contributed by atoms with E-state index < -0.39 is 33.2 Å². The third-order valence-electron chi connectivity index (χ3n) is 7.54. The maximum Gasteiger partial charge on any atom is 0.472 e. The van der Waals surface area contributed by atoms with Crippen LogP contribution in [0, 0.1) is 0 Å². The Labute approximate surface area is 263 Å². The van der Waals surface area contributed by atoms with Gasteiger partial charge in [-0.2, -0.15) is 0 Å². The number of aliphatic hydroxyl groups excluding tert-OH is 2. The second-order valence-electron chi connectivity index (χ2n) is 11.9. The molecule has 0 aliphatic rings. The highest BCUT2D eigenvalue weighted by molar-refractivity contribution is 7.47. The first-order valence-corrected chi connectivity index (χ1v) is 19.0.